The summed E-state index contributed by atoms with van der Waals surface area (Å²) in [7, 11) is 3.01. The summed E-state index contributed by atoms with van der Waals surface area (Å²) in [4.78, 5) is 40.4. The van der Waals surface area contributed by atoms with Crippen molar-refractivity contribution < 1.29 is 23.9 Å². The number of nitrogens with one attached hydrogen (secondary N) is 3. The monoisotopic (exact) mass is 688 g/mol. The minimum absolute atomic E-state index is 0.0212. The van der Waals surface area contributed by atoms with Gasteiger partial charge in [-0.2, -0.15) is 5.26 Å². The number of thiophene rings is 1. The molecule has 3 amide bonds. The van der Waals surface area contributed by atoms with Gasteiger partial charge in [-0.1, -0.05) is 66.2 Å². The summed E-state index contributed by atoms with van der Waals surface area (Å²) in [6.07, 6.45) is 1.52. The number of rotatable bonds is 12. The largest absolute Gasteiger partial charge is 0.493 e. The number of carbonyl (C=O) groups is 3. The van der Waals surface area contributed by atoms with Crippen LogP contribution in [0.5, 0.6) is 11.5 Å². The summed E-state index contributed by atoms with van der Waals surface area (Å²) in [5.74, 6) is -0.357. The maximum atomic E-state index is 13.6. The van der Waals surface area contributed by atoms with Crippen molar-refractivity contribution in [1.82, 2.24) is 5.32 Å². The van der Waals surface area contributed by atoms with E-state index in [0.29, 0.717) is 38.9 Å². The van der Waals surface area contributed by atoms with Gasteiger partial charge in [0.05, 0.1) is 25.5 Å². The molecule has 0 saturated heterocycles. The van der Waals surface area contributed by atoms with Crippen LogP contribution < -0.4 is 25.4 Å². The Hall–Kier alpha value is -5.83. The molecule has 0 saturated carbocycles. The molecule has 5 aromatic rings. The van der Waals surface area contributed by atoms with Crippen LogP contribution in [0, 0.1) is 18.3 Å². The Morgan fingerprint density at radius 2 is 1.65 bits per heavy atom. The molecular formula is C38H32N4O5S2. The highest BCUT2D eigenvalue weighted by atomic mass is 32.2. The van der Waals surface area contributed by atoms with Crippen LogP contribution >= 0.6 is 23.1 Å². The summed E-state index contributed by atoms with van der Waals surface area (Å²) in [5.41, 5.74) is 4.56. The average Bonchev–Trinajstić information content (AvgIpc) is 3.53. The number of nitriles is 1. The molecule has 49 heavy (non-hydrogen) atoms. The second kappa shape index (κ2) is 16.3. The third kappa shape index (κ3) is 8.75. The molecule has 1 heterocycles. The van der Waals surface area contributed by atoms with Crippen LogP contribution in [0.1, 0.15) is 27.0 Å². The van der Waals surface area contributed by atoms with E-state index < -0.39 is 11.8 Å². The number of anilines is 2. The van der Waals surface area contributed by atoms with Crippen LogP contribution in [0.25, 0.3) is 17.2 Å². The molecule has 11 heteroatoms. The number of hydrogen-bond acceptors (Lipinski definition) is 8. The summed E-state index contributed by atoms with van der Waals surface area (Å²) in [5, 5.41) is 20.6. The second-order valence-corrected chi connectivity index (χ2v) is 12.5. The number of amides is 3. The van der Waals surface area contributed by atoms with Crippen LogP contribution in [-0.4, -0.2) is 37.7 Å². The van der Waals surface area contributed by atoms with E-state index in [2.05, 4.69) is 22.0 Å². The number of methoxy groups -OCH3 is 2. The van der Waals surface area contributed by atoms with Gasteiger partial charge in [0.1, 0.15) is 16.8 Å². The van der Waals surface area contributed by atoms with Gasteiger partial charge < -0.3 is 25.4 Å². The Morgan fingerprint density at radius 1 is 0.898 bits per heavy atom. The van der Waals surface area contributed by atoms with Crippen molar-refractivity contribution >= 4 is 57.6 Å². The SMILES string of the molecule is COc1cccc(/C=C(/NC(=O)c2ccccc2)C(=O)Nc2cccc(SCC(=O)Nc3scc(-c4ccc(C)cc4)c3C#N)c2)c1OC. The van der Waals surface area contributed by atoms with Crippen molar-refractivity contribution in [2.45, 2.75) is 11.8 Å². The van der Waals surface area contributed by atoms with Gasteiger partial charge in [0.25, 0.3) is 11.8 Å². The van der Waals surface area contributed by atoms with E-state index in [4.69, 9.17) is 9.47 Å². The molecule has 3 N–H and O–H groups in total. The van der Waals surface area contributed by atoms with E-state index in [1.165, 1.54) is 43.4 Å². The first kappa shape index (κ1) is 34.5. The fourth-order valence-electron chi connectivity index (χ4n) is 4.80. The Bertz CT molecular complexity index is 2050. The van der Waals surface area contributed by atoms with Gasteiger partial charge in [-0.25, -0.2) is 0 Å². The molecule has 0 bridgehead atoms. The number of carbonyl (C=O) groups excluding carboxylic acids is 3. The number of benzene rings is 4. The Kier molecular flexibility index (Phi) is 11.5. The fraction of sp³-hybridized carbons (Fsp3) is 0.105. The van der Waals surface area contributed by atoms with Crippen LogP contribution in [0.3, 0.4) is 0 Å². The fourth-order valence-corrected chi connectivity index (χ4v) is 6.49. The Labute approximate surface area is 292 Å². The van der Waals surface area contributed by atoms with Crippen molar-refractivity contribution in [3.63, 3.8) is 0 Å². The van der Waals surface area contributed by atoms with Gasteiger partial charge in [-0.3, -0.25) is 14.4 Å². The lowest BCUT2D eigenvalue weighted by atomic mass is 10.0. The molecule has 0 radical (unpaired) electrons. The lowest BCUT2D eigenvalue weighted by molar-refractivity contribution is -0.114. The first-order valence-electron chi connectivity index (χ1n) is 15.0. The van der Waals surface area contributed by atoms with E-state index in [1.807, 2.05) is 42.6 Å². The van der Waals surface area contributed by atoms with E-state index in [-0.39, 0.29) is 17.4 Å². The van der Waals surface area contributed by atoms with Crippen LogP contribution in [-0.2, 0) is 9.59 Å². The molecule has 0 spiro atoms. The second-order valence-electron chi connectivity index (χ2n) is 10.6. The maximum Gasteiger partial charge on any atom is 0.272 e. The molecule has 4 aromatic carbocycles. The van der Waals surface area contributed by atoms with Gasteiger partial charge in [0.2, 0.25) is 5.91 Å². The van der Waals surface area contributed by atoms with E-state index in [9.17, 15) is 19.6 Å². The first-order valence-corrected chi connectivity index (χ1v) is 16.9. The molecule has 0 aliphatic carbocycles. The third-order valence-corrected chi connectivity index (χ3v) is 9.13. The smallest absolute Gasteiger partial charge is 0.272 e. The number of thioether (sulfide) groups is 1. The van der Waals surface area contributed by atoms with Crippen molar-refractivity contribution in [1.29, 1.82) is 5.26 Å². The van der Waals surface area contributed by atoms with Crippen molar-refractivity contribution in [2.24, 2.45) is 0 Å². The number of hydrogen-bond donors (Lipinski definition) is 3. The standard InChI is InChI=1S/C38H32N4O5S2/c1-24-15-17-25(18-16-24)31-22-49-38(30(31)21-39)42-34(43)23-48-29-13-8-12-28(20-29)40-37(45)32(41-36(44)26-9-5-4-6-10-26)19-27-11-7-14-33(46-2)35(27)47-3/h4-20,22H,23H2,1-3H3,(H,40,45)(H,41,44)(H,42,43)/b32-19+. The predicted octanol–water partition coefficient (Wildman–Crippen LogP) is 7.75. The van der Waals surface area contributed by atoms with Crippen LogP contribution in [0.15, 0.2) is 113 Å². The van der Waals surface area contributed by atoms with Crippen LogP contribution in [0.4, 0.5) is 10.7 Å². The third-order valence-electron chi connectivity index (χ3n) is 7.24. The maximum absolute atomic E-state index is 13.6. The summed E-state index contributed by atoms with van der Waals surface area (Å²) >= 11 is 2.59. The number of para-hydroxylation sites is 1. The molecule has 246 valence electrons. The number of aryl methyl sites for hydroxylation is 1. The highest BCUT2D eigenvalue weighted by Gasteiger charge is 2.19. The van der Waals surface area contributed by atoms with Gasteiger partial charge >= 0.3 is 0 Å². The molecule has 0 aliphatic heterocycles. The number of ether oxygens (including phenoxy) is 2. The topological polar surface area (TPSA) is 130 Å². The van der Waals surface area contributed by atoms with E-state index >= 15 is 0 Å². The van der Waals surface area contributed by atoms with Gasteiger partial charge in [-0.15, -0.1) is 23.1 Å². The highest BCUT2D eigenvalue weighted by molar-refractivity contribution is 8.00. The predicted molar refractivity (Wildman–Crippen MR) is 195 cm³/mol. The lowest BCUT2D eigenvalue weighted by Crippen LogP contribution is -2.30. The first-order chi connectivity index (χ1) is 23.8. The summed E-state index contributed by atoms with van der Waals surface area (Å²) in [6, 6.07) is 30.9. The quantitative estimate of drug-likeness (QED) is 0.0903. The zero-order valence-electron chi connectivity index (χ0n) is 26.9. The van der Waals surface area contributed by atoms with Crippen LogP contribution in [0.2, 0.25) is 0 Å². The van der Waals surface area contributed by atoms with E-state index in [0.717, 1.165) is 21.6 Å². The minimum atomic E-state index is -0.569. The molecular weight excluding hydrogens is 657 g/mol. The van der Waals surface area contributed by atoms with E-state index in [1.54, 1.807) is 66.7 Å². The van der Waals surface area contributed by atoms with Crippen molar-refractivity contribution in [2.75, 3.05) is 30.6 Å². The van der Waals surface area contributed by atoms with Gasteiger partial charge in [0.15, 0.2) is 11.5 Å². The Balaban J connectivity index is 1.29. The molecule has 1 aromatic heterocycles. The van der Waals surface area contributed by atoms with Gasteiger partial charge in [-0.05, 0) is 55.0 Å². The number of nitrogens with zero attached hydrogens (tertiary/aromatic N) is 1. The normalized spacial score (nSPS) is 10.9. The zero-order chi connectivity index (χ0) is 34.8. The molecule has 0 fully saturated rings. The molecule has 0 aliphatic rings. The molecule has 9 nitrogen and oxygen atoms in total. The lowest BCUT2D eigenvalue weighted by Gasteiger charge is -2.14. The van der Waals surface area contributed by atoms with Crippen molar-refractivity contribution in [3.05, 3.63) is 130 Å². The summed E-state index contributed by atoms with van der Waals surface area (Å²) in [6.45, 7) is 2.00. The average molecular weight is 689 g/mol. The Morgan fingerprint density at radius 3 is 2.37 bits per heavy atom. The van der Waals surface area contributed by atoms with Crippen molar-refractivity contribution in [3.8, 4) is 28.7 Å². The minimum Gasteiger partial charge on any atom is -0.493 e. The van der Waals surface area contributed by atoms with Gasteiger partial charge in [0, 0.05) is 32.7 Å². The molecule has 5 rings (SSSR count). The highest BCUT2D eigenvalue weighted by Crippen LogP contribution is 2.36. The molecule has 0 atom stereocenters. The molecule has 0 unspecified atom stereocenters. The zero-order valence-corrected chi connectivity index (χ0v) is 28.5. The summed E-state index contributed by atoms with van der Waals surface area (Å²) < 4.78 is 10.9.